The Bertz CT molecular complexity index is 554. The Labute approximate surface area is 109 Å². The molecule has 2 aromatic rings. The Morgan fingerprint density at radius 2 is 1.83 bits per heavy atom. The Balaban J connectivity index is 2.43. The standard InChI is InChI=1S/C16H23NO/c1-6-7-17-13(5)16-12(4)14-8-10(2)11(3)9-15(14)18-16/h8-9,13,17H,6-7H2,1-5H3. The molecule has 1 aromatic heterocycles. The Morgan fingerprint density at radius 1 is 1.17 bits per heavy atom. The lowest BCUT2D eigenvalue weighted by atomic mass is 10.0. The van der Waals surface area contributed by atoms with Crippen molar-refractivity contribution in [3.05, 3.63) is 34.6 Å². The van der Waals surface area contributed by atoms with Crippen LogP contribution in [0.4, 0.5) is 0 Å². The highest BCUT2D eigenvalue weighted by Crippen LogP contribution is 2.31. The molecule has 0 saturated heterocycles. The molecule has 1 atom stereocenters. The molecule has 0 fully saturated rings. The molecule has 2 nitrogen and oxygen atoms in total. The van der Waals surface area contributed by atoms with Gasteiger partial charge < -0.3 is 9.73 Å². The first-order valence-corrected chi connectivity index (χ1v) is 6.78. The minimum atomic E-state index is 0.276. The van der Waals surface area contributed by atoms with Gasteiger partial charge in [-0.3, -0.25) is 0 Å². The fraction of sp³-hybridized carbons (Fsp3) is 0.500. The molecule has 98 valence electrons. The maximum absolute atomic E-state index is 6.03. The minimum Gasteiger partial charge on any atom is -0.459 e. The van der Waals surface area contributed by atoms with Crippen molar-refractivity contribution in [2.45, 2.75) is 47.1 Å². The molecule has 0 aliphatic rings. The molecular weight excluding hydrogens is 222 g/mol. The SMILES string of the molecule is CCCNC(C)c1oc2cc(C)c(C)cc2c1C. The Morgan fingerprint density at radius 3 is 2.50 bits per heavy atom. The molecule has 0 saturated carbocycles. The lowest BCUT2D eigenvalue weighted by Gasteiger charge is -2.11. The molecule has 1 unspecified atom stereocenters. The van der Waals surface area contributed by atoms with Gasteiger partial charge in [0, 0.05) is 5.39 Å². The van der Waals surface area contributed by atoms with Crippen LogP contribution in [0.2, 0.25) is 0 Å². The first-order valence-electron chi connectivity index (χ1n) is 6.78. The van der Waals surface area contributed by atoms with Gasteiger partial charge in [0.1, 0.15) is 11.3 Å². The Hall–Kier alpha value is -1.28. The van der Waals surface area contributed by atoms with Gasteiger partial charge in [0.2, 0.25) is 0 Å². The van der Waals surface area contributed by atoms with Crippen LogP contribution in [-0.2, 0) is 0 Å². The van der Waals surface area contributed by atoms with Gasteiger partial charge in [0.15, 0.2) is 0 Å². The van der Waals surface area contributed by atoms with E-state index in [0.29, 0.717) is 0 Å². The van der Waals surface area contributed by atoms with Crippen molar-refractivity contribution in [2.75, 3.05) is 6.54 Å². The third kappa shape index (κ3) is 2.30. The van der Waals surface area contributed by atoms with E-state index >= 15 is 0 Å². The van der Waals surface area contributed by atoms with E-state index in [2.05, 4.69) is 52.1 Å². The zero-order valence-electron chi connectivity index (χ0n) is 12.1. The van der Waals surface area contributed by atoms with E-state index in [1.807, 2.05) is 0 Å². The summed E-state index contributed by atoms with van der Waals surface area (Å²) in [5.74, 6) is 1.07. The molecule has 1 N–H and O–H groups in total. The van der Waals surface area contributed by atoms with Crippen LogP contribution in [0.1, 0.15) is 48.8 Å². The summed E-state index contributed by atoms with van der Waals surface area (Å²) in [7, 11) is 0. The van der Waals surface area contributed by atoms with Gasteiger partial charge in [0.05, 0.1) is 6.04 Å². The minimum absolute atomic E-state index is 0.276. The normalized spacial score (nSPS) is 13.2. The van der Waals surface area contributed by atoms with Gasteiger partial charge in [-0.05, 0) is 69.5 Å². The second-order valence-electron chi connectivity index (χ2n) is 5.20. The average molecular weight is 245 g/mol. The fourth-order valence-corrected chi connectivity index (χ4v) is 2.36. The molecule has 1 heterocycles. The number of hydrogen-bond acceptors (Lipinski definition) is 2. The summed E-state index contributed by atoms with van der Waals surface area (Å²) in [4.78, 5) is 0. The zero-order valence-corrected chi connectivity index (χ0v) is 12.1. The van der Waals surface area contributed by atoms with Gasteiger partial charge in [-0.15, -0.1) is 0 Å². The lowest BCUT2D eigenvalue weighted by molar-refractivity contribution is 0.448. The molecule has 0 bridgehead atoms. The third-order valence-electron chi connectivity index (χ3n) is 3.68. The smallest absolute Gasteiger partial charge is 0.134 e. The summed E-state index contributed by atoms with van der Waals surface area (Å²) in [5, 5.41) is 4.73. The zero-order chi connectivity index (χ0) is 13.3. The lowest BCUT2D eigenvalue weighted by Crippen LogP contribution is -2.19. The molecule has 0 aliphatic carbocycles. The molecule has 2 rings (SSSR count). The van der Waals surface area contributed by atoms with Crippen LogP contribution in [0.25, 0.3) is 11.0 Å². The van der Waals surface area contributed by atoms with Crippen LogP contribution >= 0.6 is 0 Å². The van der Waals surface area contributed by atoms with E-state index in [1.165, 1.54) is 22.1 Å². The Kier molecular flexibility index (Phi) is 3.76. The number of fused-ring (bicyclic) bond motifs is 1. The molecule has 2 heteroatoms. The van der Waals surface area contributed by atoms with Crippen LogP contribution < -0.4 is 5.32 Å². The van der Waals surface area contributed by atoms with E-state index in [1.54, 1.807) is 0 Å². The summed E-state index contributed by atoms with van der Waals surface area (Å²) in [6, 6.07) is 4.66. The second kappa shape index (κ2) is 5.15. The first-order chi connectivity index (χ1) is 8.54. The number of rotatable bonds is 4. The maximum Gasteiger partial charge on any atom is 0.134 e. The number of nitrogens with one attached hydrogen (secondary N) is 1. The highest BCUT2D eigenvalue weighted by Gasteiger charge is 2.16. The number of hydrogen-bond donors (Lipinski definition) is 1. The summed E-state index contributed by atoms with van der Waals surface area (Å²) in [6.45, 7) is 11.8. The van der Waals surface area contributed by atoms with E-state index < -0.39 is 0 Å². The van der Waals surface area contributed by atoms with Crippen molar-refractivity contribution < 1.29 is 4.42 Å². The predicted molar refractivity (Wildman–Crippen MR) is 77.1 cm³/mol. The first kappa shape index (κ1) is 13.2. The summed E-state index contributed by atoms with van der Waals surface area (Å²) < 4.78 is 6.03. The fourth-order valence-electron chi connectivity index (χ4n) is 2.36. The second-order valence-corrected chi connectivity index (χ2v) is 5.20. The molecule has 0 amide bonds. The van der Waals surface area contributed by atoms with Crippen molar-refractivity contribution >= 4 is 11.0 Å². The van der Waals surface area contributed by atoms with Gasteiger partial charge in [-0.25, -0.2) is 0 Å². The summed E-state index contributed by atoms with van der Waals surface area (Å²) in [5.41, 5.74) is 4.89. The van der Waals surface area contributed by atoms with Gasteiger partial charge in [-0.1, -0.05) is 6.92 Å². The third-order valence-corrected chi connectivity index (χ3v) is 3.68. The highest BCUT2D eigenvalue weighted by molar-refractivity contribution is 5.83. The molecule has 18 heavy (non-hydrogen) atoms. The van der Waals surface area contributed by atoms with Crippen LogP contribution in [0, 0.1) is 20.8 Å². The van der Waals surface area contributed by atoms with Crippen molar-refractivity contribution in [1.29, 1.82) is 0 Å². The van der Waals surface area contributed by atoms with E-state index in [4.69, 9.17) is 4.42 Å². The molecular formula is C16H23NO. The van der Waals surface area contributed by atoms with Gasteiger partial charge in [-0.2, -0.15) is 0 Å². The average Bonchev–Trinajstić information content (AvgIpc) is 2.65. The van der Waals surface area contributed by atoms with Crippen molar-refractivity contribution in [3.63, 3.8) is 0 Å². The molecule has 0 spiro atoms. The molecule has 0 radical (unpaired) electrons. The van der Waals surface area contributed by atoms with Crippen molar-refractivity contribution in [3.8, 4) is 0 Å². The van der Waals surface area contributed by atoms with E-state index in [-0.39, 0.29) is 6.04 Å². The summed E-state index contributed by atoms with van der Waals surface area (Å²) >= 11 is 0. The maximum atomic E-state index is 6.03. The number of benzene rings is 1. The quantitative estimate of drug-likeness (QED) is 0.862. The number of furan rings is 1. The molecule has 0 aliphatic heterocycles. The van der Waals surface area contributed by atoms with Gasteiger partial charge in [0.25, 0.3) is 0 Å². The topological polar surface area (TPSA) is 25.2 Å². The number of aryl methyl sites for hydroxylation is 3. The van der Waals surface area contributed by atoms with E-state index in [0.717, 1.165) is 24.3 Å². The monoisotopic (exact) mass is 245 g/mol. The van der Waals surface area contributed by atoms with Crippen LogP contribution in [0.15, 0.2) is 16.5 Å². The van der Waals surface area contributed by atoms with Crippen LogP contribution in [-0.4, -0.2) is 6.54 Å². The van der Waals surface area contributed by atoms with E-state index in [9.17, 15) is 0 Å². The predicted octanol–water partition coefficient (Wildman–Crippen LogP) is 4.42. The van der Waals surface area contributed by atoms with Crippen molar-refractivity contribution in [1.82, 2.24) is 5.32 Å². The largest absolute Gasteiger partial charge is 0.459 e. The highest BCUT2D eigenvalue weighted by atomic mass is 16.3. The van der Waals surface area contributed by atoms with Crippen LogP contribution in [0.3, 0.4) is 0 Å². The van der Waals surface area contributed by atoms with Crippen LogP contribution in [0.5, 0.6) is 0 Å². The van der Waals surface area contributed by atoms with Gasteiger partial charge >= 0.3 is 0 Å². The summed E-state index contributed by atoms with van der Waals surface area (Å²) in [6.07, 6.45) is 1.14. The molecule has 1 aromatic carbocycles. The van der Waals surface area contributed by atoms with Crippen molar-refractivity contribution in [2.24, 2.45) is 0 Å².